The largest absolute Gasteiger partial charge is 0.409 e. The van der Waals surface area contributed by atoms with Crippen LogP contribution in [0.5, 0.6) is 0 Å². The van der Waals surface area contributed by atoms with E-state index in [0.717, 1.165) is 47.5 Å². The highest BCUT2D eigenvalue weighted by atomic mass is 79.9. The average Bonchev–Trinajstić information content (AvgIpc) is 2.41. The molecule has 19 heavy (non-hydrogen) atoms. The van der Waals surface area contributed by atoms with Gasteiger partial charge in [0.1, 0.15) is 5.84 Å². The lowest BCUT2D eigenvalue weighted by molar-refractivity contribution is 0.193. The number of hydrogen-bond acceptors (Lipinski definition) is 3. The summed E-state index contributed by atoms with van der Waals surface area (Å²) in [6.45, 7) is 2.62. The molecule has 1 aliphatic heterocycles. The Labute approximate surface area is 126 Å². The molecule has 104 valence electrons. The molecule has 0 saturated carbocycles. The van der Waals surface area contributed by atoms with Crippen LogP contribution in [0.2, 0.25) is 5.02 Å². The zero-order valence-corrected chi connectivity index (χ0v) is 12.9. The molecule has 1 aromatic rings. The molecule has 0 bridgehead atoms. The number of amidine groups is 1. The van der Waals surface area contributed by atoms with Crippen molar-refractivity contribution in [2.45, 2.75) is 19.4 Å². The molecule has 0 spiro atoms. The summed E-state index contributed by atoms with van der Waals surface area (Å²) in [4.78, 5) is 2.29. The van der Waals surface area contributed by atoms with E-state index in [9.17, 15) is 0 Å². The van der Waals surface area contributed by atoms with E-state index >= 15 is 0 Å². The predicted octanol–water partition coefficient (Wildman–Crippen LogP) is 3.06. The topological polar surface area (TPSA) is 61.9 Å². The number of nitrogens with zero attached hydrogens (tertiary/aromatic N) is 2. The summed E-state index contributed by atoms with van der Waals surface area (Å²) in [6.07, 6.45) is 2.02. The lowest BCUT2D eigenvalue weighted by atomic mass is 9.96. The molecule has 0 aliphatic carbocycles. The Morgan fingerprint density at radius 1 is 1.58 bits per heavy atom. The Morgan fingerprint density at radius 3 is 3.05 bits per heavy atom. The van der Waals surface area contributed by atoms with Crippen LogP contribution in [0.15, 0.2) is 27.8 Å². The molecule has 1 aliphatic rings. The number of halogens is 2. The standard InChI is InChI=1S/C13H17BrClN3O/c14-11-4-3-9(12(15)6-11)7-18-5-1-2-10(8-18)13(16)17-19/h3-4,6,10,19H,1-2,5,7-8H2,(H2,16,17). The van der Waals surface area contributed by atoms with Crippen LogP contribution in [-0.2, 0) is 6.54 Å². The predicted molar refractivity (Wildman–Crippen MR) is 80.6 cm³/mol. The molecule has 6 heteroatoms. The van der Waals surface area contributed by atoms with Crippen LogP contribution >= 0.6 is 27.5 Å². The van der Waals surface area contributed by atoms with Crippen molar-refractivity contribution in [2.75, 3.05) is 13.1 Å². The first kappa shape index (κ1) is 14.6. The van der Waals surface area contributed by atoms with Crippen molar-refractivity contribution >= 4 is 33.4 Å². The normalized spacial score (nSPS) is 21.6. The van der Waals surface area contributed by atoms with Crippen molar-refractivity contribution in [1.29, 1.82) is 0 Å². The fourth-order valence-corrected chi connectivity index (χ4v) is 3.15. The van der Waals surface area contributed by atoms with E-state index in [1.54, 1.807) is 0 Å². The van der Waals surface area contributed by atoms with E-state index in [4.69, 9.17) is 22.5 Å². The van der Waals surface area contributed by atoms with Gasteiger partial charge in [-0.05, 0) is 37.1 Å². The highest BCUT2D eigenvalue weighted by Crippen LogP contribution is 2.25. The van der Waals surface area contributed by atoms with E-state index in [1.807, 2.05) is 18.2 Å². The molecule has 4 nitrogen and oxygen atoms in total. The third kappa shape index (κ3) is 3.84. The van der Waals surface area contributed by atoms with Crippen molar-refractivity contribution in [3.05, 3.63) is 33.3 Å². The maximum Gasteiger partial charge on any atom is 0.143 e. The summed E-state index contributed by atoms with van der Waals surface area (Å²) in [5.74, 6) is 0.458. The molecule has 1 fully saturated rings. The minimum absolute atomic E-state index is 0.132. The van der Waals surface area contributed by atoms with Gasteiger partial charge in [-0.2, -0.15) is 0 Å². The van der Waals surface area contributed by atoms with Gasteiger partial charge in [-0.15, -0.1) is 0 Å². The van der Waals surface area contributed by atoms with Gasteiger partial charge in [0.25, 0.3) is 0 Å². The fraction of sp³-hybridized carbons (Fsp3) is 0.462. The zero-order valence-electron chi connectivity index (χ0n) is 10.5. The first-order chi connectivity index (χ1) is 9.10. The third-order valence-corrected chi connectivity index (χ3v) is 4.29. The second-order valence-corrected chi connectivity index (χ2v) is 6.16. The quantitative estimate of drug-likeness (QED) is 0.383. The van der Waals surface area contributed by atoms with E-state index < -0.39 is 0 Å². The van der Waals surface area contributed by atoms with Crippen LogP contribution in [0.1, 0.15) is 18.4 Å². The van der Waals surface area contributed by atoms with Gasteiger partial charge in [-0.25, -0.2) is 0 Å². The van der Waals surface area contributed by atoms with E-state index in [2.05, 4.69) is 26.0 Å². The van der Waals surface area contributed by atoms with Crippen molar-refractivity contribution in [3.8, 4) is 0 Å². The second-order valence-electron chi connectivity index (χ2n) is 4.83. The molecule has 0 aromatic heterocycles. The van der Waals surface area contributed by atoms with Crippen LogP contribution < -0.4 is 5.73 Å². The van der Waals surface area contributed by atoms with Crippen molar-refractivity contribution in [1.82, 2.24) is 4.90 Å². The van der Waals surface area contributed by atoms with Gasteiger partial charge >= 0.3 is 0 Å². The third-order valence-electron chi connectivity index (χ3n) is 3.45. The van der Waals surface area contributed by atoms with Crippen LogP contribution in [-0.4, -0.2) is 29.0 Å². The van der Waals surface area contributed by atoms with E-state index in [0.29, 0.717) is 5.84 Å². The van der Waals surface area contributed by atoms with Crippen LogP contribution in [0.4, 0.5) is 0 Å². The Kier molecular flexibility index (Phi) is 5.07. The fourth-order valence-electron chi connectivity index (χ4n) is 2.41. The van der Waals surface area contributed by atoms with Crippen molar-refractivity contribution in [3.63, 3.8) is 0 Å². The lowest BCUT2D eigenvalue weighted by Crippen LogP contribution is -2.40. The monoisotopic (exact) mass is 345 g/mol. The van der Waals surface area contributed by atoms with E-state index in [1.165, 1.54) is 0 Å². The molecule has 1 unspecified atom stereocenters. The van der Waals surface area contributed by atoms with Gasteiger partial charge in [0.15, 0.2) is 0 Å². The molecule has 1 aromatic carbocycles. The maximum atomic E-state index is 8.76. The first-order valence-electron chi connectivity index (χ1n) is 6.24. The summed E-state index contributed by atoms with van der Waals surface area (Å²) < 4.78 is 0.981. The van der Waals surface area contributed by atoms with E-state index in [-0.39, 0.29) is 5.92 Å². The number of rotatable bonds is 3. The Hall–Kier alpha value is -0.780. The highest BCUT2D eigenvalue weighted by Gasteiger charge is 2.23. The van der Waals surface area contributed by atoms with Gasteiger partial charge in [-0.1, -0.05) is 38.8 Å². The van der Waals surface area contributed by atoms with Crippen molar-refractivity contribution in [2.24, 2.45) is 16.8 Å². The number of benzene rings is 1. The summed E-state index contributed by atoms with van der Waals surface area (Å²) >= 11 is 9.63. The molecule has 0 amide bonds. The Bertz CT molecular complexity index is 481. The molecule has 1 saturated heterocycles. The molecule has 2 rings (SSSR count). The number of piperidine rings is 1. The molecule has 0 radical (unpaired) electrons. The van der Waals surface area contributed by atoms with Gasteiger partial charge in [0, 0.05) is 28.5 Å². The number of nitrogens with two attached hydrogens (primary N) is 1. The number of hydrogen-bond donors (Lipinski definition) is 2. The van der Waals surface area contributed by atoms with Crippen LogP contribution in [0.3, 0.4) is 0 Å². The van der Waals surface area contributed by atoms with Gasteiger partial charge < -0.3 is 10.9 Å². The summed E-state index contributed by atoms with van der Waals surface area (Å²) in [5.41, 5.74) is 6.80. The minimum Gasteiger partial charge on any atom is -0.409 e. The molecular formula is C13H17BrClN3O. The SMILES string of the molecule is N/C(=N/O)C1CCCN(Cc2ccc(Br)cc2Cl)C1. The zero-order chi connectivity index (χ0) is 13.8. The molecule has 1 atom stereocenters. The van der Waals surface area contributed by atoms with Gasteiger partial charge in [0.2, 0.25) is 0 Å². The lowest BCUT2D eigenvalue weighted by Gasteiger charge is -2.32. The summed E-state index contributed by atoms with van der Waals surface area (Å²) in [6, 6.07) is 5.92. The average molecular weight is 347 g/mol. The van der Waals surface area contributed by atoms with Crippen LogP contribution in [0, 0.1) is 5.92 Å². The Morgan fingerprint density at radius 2 is 2.37 bits per heavy atom. The van der Waals surface area contributed by atoms with Crippen LogP contribution in [0.25, 0.3) is 0 Å². The maximum absolute atomic E-state index is 8.76. The van der Waals surface area contributed by atoms with Gasteiger partial charge in [-0.3, -0.25) is 4.90 Å². The second kappa shape index (κ2) is 6.59. The summed E-state index contributed by atoms with van der Waals surface area (Å²) in [5, 5.41) is 12.6. The highest BCUT2D eigenvalue weighted by molar-refractivity contribution is 9.10. The number of likely N-dealkylation sites (tertiary alicyclic amines) is 1. The Balaban J connectivity index is 2.02. The molecular weight excluding hydrogens is 330 g/mol. The number of oxime groups is 1. The van der Waals surface area contributed by atoms with Crippen molar-refractivity contribution < 1.29 is 5.21 Å². The first-order valence-corrected chi connectivity index (χ1v) is 7.41. The smallest absolute Gasteiger partial charge is 0.143 e. The van der Waals surface area contributed by atoms with Gasteiger partial charge in [0.05, 0.1) is 0 Å². The summed E-state index contributed by atoms with van der Waals surface area (Å²) in [7, 11) is 0. The minimum atomic E-state index is 0.132. The molecule has 1 heterocycles. The molecule has 3 N–H and O–H groups in total.